The zero-order valence-electron chi connectivity index (χ0n) is 11.2. The number of anilines is 1. The van der Waals surface area contributed by atoms with Crippen LogP contribution < -0.4 is 10.4 Å². The highest BCUT2D eigenvalue weighted by Gasteiger charge is 2.13. The Balaban J connectivity index is 2.08. The number of aryl methyl sites for hydroxylation is 2. The zero-order valence-corrected chi connectivity index (χ0v) is 11.2. The topological polar surface area (TPSA) is 82.4 Å². The summed E-state index contributed by atoms with van der Waals surface area (Å²) in [5, 5.41) is 13.2. The molecule has 0 bridgehead atoms. The summed E-state index contributed by atoms with van der Waals surface area (Å²) in [6.07, 6.45) is -0.145. The normalized spacial score (nSPS) is 10.3. The van der Waals surface area contributed by atoms with Crippen molar-refractivity contribution in [2.75, 3.05) is 5.32 Å². The second-order valence-corrected chi connectivity index (χ2v) is 4.53. The first kappa shape index (κ1) is 13.9. The van der Waals surface area contributed by atoms with E-state index < -0.39 is 5.97 Å². The fraction of sp³-hybridized carbons (Fsp3) is 0.200. The summed E-state index contributed by atoms with van der Waals surface area (Å²) in [6, 6.07) is 8.25. The second kappa shape index (κ2) is 5.61. The Hall–Kier alpha value is -2.56. The first-order valence-electron chi connectivity index (χ1n) is 6.13. The van der Waals surface area contributed by atoms with Gasteiger partial charge < -0.3 is 19.6 Å². The number of nitrogens with one attached hydrogen (secondary N) is 1. The lowest BCUT2D eigenvalue weighted by Gasteiger charge is -2.06. The van der Waals surface area contributed by atoms with Crippen LogP contribution in [-0.4, -0.2) is 11.9 Å². The van der Waals surface area contributed by atoms with Crippen molar-refractivity contribution >= 4 is 17.6 Å². The third-order valence-electron chi connectivity index (χ3n) is 2.85. The number of benzene rings is 1. The molecule has 0 saturated heterocycles. The number of furan rings is 1. The van der Waals surface area contributed by atoms with Crippen molar-refractivity contribution < 1.29 is 19.1 Å². The highest BCUT2D eigenvalue weighted by Crippen LogP contribution is 2.16. The minimum absolute atomic E-state index is 0.145. The Bertz CT molecular complexity index is 640. The first-order chi connectivity index (χ1) is 9.45. The van der Waals surface area contributed by atoms with Crippen LogP contribution in [0.4, 0.5) is 5.69 Å². The standard InChI is InChI=1S/C15H15NO4/c1-9-7-13(10(2)20-9)15(19)16-12-5-3-11(4-6-12)8-14(17)18/h3-7H,8H2,1-2H3,(H,16,19)(H,17,18)/p-1. The maximum absolute atomic E-state index is 12.0. The smallest absolute Gasteiger partial charge is 0.259 e. The average molecular weight is 272 g/mol. The Morgan fingerprint density at radius 1 is 1.20 bits per heavy atom. The van der Waals surface area contributed by atoms with E-state index >= 15 is 0 Å². The van der Waals surface area contributed by atoms with E-state index in [2.05, 4.69) is 5.32 Å². The number of aliphatic carboxylic acids is 1. The molecule has 1 aromatic carbocycles. The van der Waals surface area contributed by atoms with Crippen molar-refractivity contribution in [2.24, 2.45) is 0 Å². The molecule has 0 aliphatic rings. The van der Waals surface area contributed by atoms with E-state index in [0.29, 0.717) is 28.3 Å². The molecular weight excluding hydrogens is 258 g/mol. The van der Waals surface area contributed by atoms with Gasteiger partial charge in [-0.2, -0.15) is 0 Å². The predicted molar refractivity (Wildman–Crippen MR) is 71.3 cm³/mol. The van der Waals surface area contributed by atoms with Gasteiger partial charge in [-0.3, -0.25) is 4.79 Å². The van der Waals surface area contributed by atoms with Gasteiger partial charge in [0.25, 0.3) is 5.91 Å². The van der Waals surface area contributed by atoms with Crippen LogP contribution in [0.3, 0.4) is 0 Å². The number of carboxylic acid groups (broad SMARTS) is 1. The van der Waals surface area contributed by atoms with Crippen molar-refractivity contribution in [3.63, 3.8) is 0 Å². The van der Waals surface area contributed by atoms with Crippen LogP contribution >= 0.6 is 0 Å². The monoisotopic (exact) mass is 272 g/mol. The summed E-state index contributed by atoms with van der Waals surface area (Å²) in [5.74, 6) is -0.149. The van der Waals surface area contributed by atoms with Gasteiger partial charge in [-0.05, 0) is 37.6 Å². The third-order valence-corrected chi connectivity index (χ3v) is 2.85. The highest BCUT2D eigenvalue weighted by molar-refractivity contribution is 6.05. The molecule has 2 aromatic rings. The lowest BCUT2D eigenvalue weighted by molar-refractivity contribution is -0.304. The molecule has 0 atom stereocenters. The summed E-state index contributed by atoms with van der Waals surface area (Å²) >= 11 is 0. The minimum atomic E-state index is -1.13. The molecule has 20 heavy (non-hydrogen) atoms. The van der Waals surface area contributed by atoms with Crippen LogP contribution in [0, 0.1) is 13.8 Å². The van der Waals surface area contributed by atoms with E-state index in [1.54, 1.807) is 44.2 Å². The molecule has 0 radical (unpaired) electrons. The van der Waals surface area contributed by atoms with Crippen molar-refractivity contribution in [2.45, 2.75) is 20.3 Å². The first-order valence-corrected chi connectivity index (χ1v) is 6.13. The molecular formula is C15H14NO4-. The van der Waals surface area contributed by atoms with Gasteiger partial charge in [0, 0.05) is 18.1 Å². The fourth-order valence-electron chi connectivity index (χ4n) is 1.93. The van der Waals surface area contributed by atoms with Crippen molar-refractivity contribution in [1.29, 1.82) is 0 Å². The van der Waals surface area contributed by atoms with Gasteiger partial charge >= 0.3 is 0 Å². The predicted octanol–water partition coefficient (Wildman–Crippen LogP) is 1.44. The number of carbonyl (C=O) groups is 2. The van der Waals surface area contributed by atoms with E-state index in [4.69, 9.17) is 4.42 Å². The molecule has 1 aromatic heterocycles. The summed E-state index contributed by atoms with van der Waals surface area (Å²) in [7, 11) is 0. The van der Waals surface area contributed by atoms with Gasteiger partial charge in [0.1, 0.15) is 11.5 Å². The molecule has 1 amide bonds. The van der Waals surface area contributed by atoms with Gasteiger partial charge in [0.15, 0.2) is 0 Å². The van der Waals surface area contributed by atoms with Gasteiger partial charge in [0.05, 0.1) is 5.56 Å². The minimum Gasteiger partial charge on any atom is -0.550 e. The number of carboxylic acids is 1. The van der Waals surface area contributed by atoms with Gasteiger partial charge in [-0.15, -0.1) is 0 Å². The third kappa shape index (κ3) is 3.26. The molecule has 0 aliphatic heterocycles. The van der Waals surface area contributed by atoms with E-state index in [0.717, 1.165) is 0 Å². The highest BCUT2D eigenvalue weighted by atomic mass is 16.4. The molecule has 2 rings (SSSR count). The Morgan fingerprint density at radius 2 is 1.85 bits per heavy atom. The van der Waals surface area contributed by atoms with Crippen molar-refractivity contribution in [3.8, 4) is 0 Å². The summed E-state index contributed by atoms with van der Waals surface area (Å²) < 4.78 is 5.30. The summed E-state index contributed by atoms with van der Waals surface area (Å²) in [4.78, 5) is 22.5. The fourth-order valence-corrected chi connectivity index (χ4v) is 1.93. The number of hydrogen-bond acceptors (Lipinski definition) is 4. The molecule has 0 aliphatic carbocycles. The average Bonchev–Trinajstić information content (AvgIpc) is 2.70. The summed E-state index contributed by atoms with van der Waals surface area (Å²) in [6.45, 7) is 3.50. The van der Waals surface area contributed by atoms with Gasteiger partial charge in [-0.1, -0.05) is 12.1 Å². The van der Waals surface area contributed by atoms with Crippen molar-refractivity contribution in [1.82, 2.24) is 0 Å². The van der Waals surface area contributed by atoms with Crippen molar-refractivity contribution in [3.05, 3.63) is 53.0 Å². The maximum atomic E-state index is 12.0. The molecule has 1 heterocycles. The number of rotatable bonds is 4. The molecule has 0 fully saturated rings. The van der Waals surface area contributed by atoms with Gasteiger partial charge in [0.2, 0.25) is 0 Å². The van der Waals surface area contributed by atoms with Crippen LogP contribution in [-0.2, 0) is 11.2 Å². The molecule has 0 unspecified atom stereocenters. The van der Waals surface area contributed by atoms with Crippen LogP contribution in [0.15, 0.2) is 34.7 Å². The lowest BCUT2D eigenvalue weighted by atomic mass is 10.1. The molecule has 0 saturated carbocycles. The lowest BCUT2D eigenvalue weighted by Crippen LogP contribution is -2.24. The van der Waals surface area contributed by atoms with E-state index in [9.17, 15) is 14.7 Å². The summed E-state index contributed by atoms with van der Waals surface area (Å²) in [5.41, 5.74) is 1.70. The zero-order chi connectivity index (χ0) is 14.7. The van der Waals surface area contributed by atoms with Gasteiger partial charge in [-0.25, -0.2) is 0 Å². The van der Waals surface area contributed by atoms with Crippen LogP contribution in [0.1, 0.15) is 27.4 Å². The SMILES string of the molecule is Cc1cc(C(=O)Nc2ccc(CC(=O)[O-])cc2)c(C)o1. The van der Waals surface area contributed by atoms with Crippen LogP contribution in [0.25, 0.3) is 0 Å². The number of hydrogen-bond donors (Lipinski definition) is 1. The van der Waals surface area contributed by atoms with Crippen LogP contribution in [0.5, 0.6) is 0 Å². The van der Waals surface area contributed by atoms with E-state index in [-0.39, 0.29) is 12.3 Å². The quantitative estimate of drug-likeness (QED) is 0.913. The molecule has 1 N–H and O–H groups in total. The molecule has 5 heteroatoms. The maximum Gasteiger partial charge on any atom is 0.259 e. The molecule has 104 valence electrons. The van der Waals surface area contributed by atoms with E-state index in [1.807, 2.05) is 0 Å². The van der Waals surface area contributed by atoms with E-state index in [1.165, 1.54) is 0 Å². The van der Waals surface area contributed by atoms with Crippen LogP contribution in [0.2, 0.25) is 0 Å². The Morgan fingerprint density at radius 3 is 2.35 bits per heavy atom. The number of amides is 1. The largest absolute Gasteiger partial charge is 0.550 e. The number of carbonyl (C=O) groups excluding carboxylic acids is 2. The Labute approximate surface area is 116 Å². The Kier molecular flexibility index (Phi) is 3.89. The molecule has 0 spiro atoms. The molecule has 5 nitrogen and oxygen atoms in total. The second-order valence-electron chi connectivity index (χ2n) is 4.53.